The minimum absolute atomic E-state index is 0.830. The monoisotopic (exact) mass is 595 g/mol. The molecule has 0 aliphatic carbocycles. The van der Waals surface area contributed by atoms with Gasteiger partial charge in [0.15, 0.2) is 0 Å². The number of para-hydroxylation sites is 1. The normalized spacial score (nSPS) is 11.6. The van der Waals surface area contributed by atoms with Crippen molar-refractivity contribution in [1.29, 1.82) is 0 Å². The molecule has 212 valence electrons. The first kappa shape index (κ1) is 25.7. The van der Waals surface area contributed by atoms with E-state index in [4.69, 9.17) is 14.7 Å². The van der Waals surface area contributed by atoms with E-state index >= 15 is 0 Å². The molecule has 3 heterocycles. The summed E-state index contributed by atoms with van der Waals surface area (Å²) in [5.41, 5.74) is 11.9. The molecule has 0 aliphatic rings. The molecule has 0 fully saturated rings. The SMILES string of the molecule is c1ccc(-c2cccc(-c3ccccc3)c2-c2noc3sc4ccc(-c5ccc6c(c5)ncn6-c5ccccc5)cc4c23)cc1. The second-order valence-corrected chi connectivity index (χ2v) is 12.1. The van der Waals surface area contributed by atoms with Gasteiger partial charge in [0.05, 0.1) is 16.4 Å². The predicted molar refractivity (Wildman–Crippen MR) is 186 cm³/mol. The highest BCUT2D eigenvalue weighted by atomic mass is 32.1. The highest BCUT2D eigenvalue weighted by Gasteiger charge is 2.23. The highest BCUT2D eigenvalue weighted by Crippen LogP contribution is 2.47. The lowest BCUT2D eigenvalue weighted by Gasteiger charge is -2.14. The van der Waals surface area contributed by atoms with Crippen LogP contribution >= 0.6 is 11.3 Å². The van der Waals surface area contributed by atoms with Crippen molar-refractivity contribution in [3.05, 3.63) is 152 Å². The average molecular weight is 596 g/mol. The lowest BCUT2D eigenvalue weighted by atomic mass is 9.89. The van der Waals surface area contributed by atoms with Gasteiger partial charge in [-0.2, -0.15) is 0 Å². The van der Waals surface area contributed by atoms with E-state index in [1.54, 1.807) is 11.3 Å². The molecule has 9 rings (SSSR count). The van der Waals surface area contributed by atoms with Crippen molar-refractivity contribution in [3.8, 4) is 50.3 Å². The Hall–Kier alpha value is -5.78. The van der Waals surface area contributed by atoms with Crippen LogP contribution in [0.4, 0.5) is 0 Å². The fourth-order valence-corrected chi connectivity index (χ4v) is 7.35. The van der Waals surface area contributed by atoms with Crippen LogP contribution in [0.1, 0.15) is 0 Å². The number of benzene rings is 6. The Morgan fingerprint density at radius 2 is 1.22 bits per heavy atom. The number of aromatic nitrogens is 3. The molecule has 4 nitrogen and oxygen atoms in total. The molecular formula is C40H25N3OS. The van der Waals surface area contributed by atoms with Gasteiger partial charge in [-0.25, -0.2) is 4.98 Å². The van der Waals surface area contributed by atoms with Crippen LogP contribution in [0.3, 0.4) is 0 Å². The topological polar surface area (TPSA) is 43.9 Å². The van der Waals surface area contributed by atoms with Crippen LogP contribution in [0.25, 0.3) is 81.7 Å². The van der Waals surface area contributed by atoms with Gasteiger partial charge >= 0.3 is 0 Å². The van der Waals surface area contributed by atoms with E-state index in [1.807, 2.05) is 24.5 Å². The average Bonchev–Trinajstić information content (AvgIpc) is 3.82. The van der Waals surface area contributed by atoms with Gasteiger partial charge in [-0.15, -0.1) is 0 Å². The minimum atomic E-state index is 0.830. The number of thiophene rings is 1. The van der Waals surface area contributed by atoms with Crippen molar-refractivity contribution in [2.75, 3.05) is 0 Å². The molecule has 45 heavy (non-hydrogen) atoms. The molecule has 9 aromatic rings. The van der Waals surface area contributed by atoms with E-state index in [2.05, 4.69) is 132 Å². The third-order valence-electron chi connectivity index (χ3n) is 8.50. The molecule has 5 heteroatoms. The Kier molecular flexibility index (Phi) is 5.96. The predicted octanol–water partition coefficient (Wildman–Crippen LogP) is 11.0. The second kappa shape index (κ2) is 10.4. The third-order valence-corrected chi connectivity index (χ3v) is 9.54. The summed E-state index contributed by atoms with van der Waals surface area (Å²) in [5.74, 6) is 0. The van der Waals surface area contributed by atoms with Crippen molar-refractivity contribution < 1.29 is 4.52 Å². The fourth-order valence-electron chi connectivity index (χ4n) is 6.36. The van der Waals surface area contributed by atoms with Gasteiger partial charge in [0.1, 0.15) is 12.0 Å². The molecule has 0 bridgehead atoms. The van der Waals surface area contributed by atoms with Crippen molar-refractivity contribution in [2.24, 2.45) is 0 Å². The third kappa shape index (κ3) is 4.28. The molecule has 0 spiro atoms. The van der Waals surface area contributed by atoms with Gasteiger partial charge in [0.2, 0.25) is 4.90 Å². The van der Waals surface area contributed by atoms with Gasteiger partial charge in [-0.3, -0.25) is 4.57 Å². The Labute approximate surface area is 263 Å². The summed E-state index contributed by atoms with van der Waals surface area (Å²) in [6, 6.07) is 51.0. The fraction of sp³-hybridized carbons (Fsp3) is 0. The van der Waals surface area contributed by atoms with Crippen LogP contribution in [0.2, 0.25) is 0 Å². The summed E-state index contributed by atoms with van der Waals surface area (Å²) >= 11 is 1.64. The van der Waals surface area contributed by atoms with E-state index in [-0.39, 0.29) is 0 Å². The number of imidazole rings is 1. The second-order valence-electron chi connectivity index (χ2n) is 11.1. The van der Waals surface area contributed by atoms with E-state index in [1.165, 1.54) is 4.70 Å². The summed E-state index contributed by atoms with van der Waals surface area (Å²) in [5, 5.41) is 6.93. The molecule has 0 unspecified atom stereocenters. The van der Waals surface area contributed by atoms with Crippen LogP contribution < -0.4 is 0 Å². The van der Waals surface area contributed by atoms with Gasteiger partial charge in [-0.1, -0.05) is 126 Å². The zero-order chi connectivity index (χ0) is 29.7. The van der Waals surface area contributed by atoms with Gasteiger partial charge < -0.3 is 4.52 Å². The lowest BCUT2D eigenvalue weighted by molar-refractivity contribution is 0.465. The van der Waals surface area contributed by atoms with E-state index in [9.17, 15) is 0 Å². The summed E-state index contributed by atoms with van der Waals surface area (Å²) in [7, 11) is 0. The minimum Gasteiger partial charge on any atom is -0.345 e. The smallest absolute Gasteiger partial charge is 0.222 e. The molecule has 6 aromatic carbocycles. The van der Waals surface area contributed by atoms with Crippen LogP contribution in [-0.2, 0) is 0 Å². The summed E-state index contributed by atoms with van der Waals surface area (Å²) in [4.78, 5) is 5.58. The molecule has 0 saturated heterocycles. The number of hydrogen-bond donors (Lipinski definition) is 0. The first-order chi connectivity index (χ1) is 22.3. The van der Waals surface area contributed by atoms with Crippen LogP contribution in [-0.4, -0.2) is 14.7 Å². The van der Waals surface area contributed by atoms with Crippen molar-refractivity contribution in [1.82, 2.24) is 14.7 Å². The largest absolute Gasteiger partial charge is 0.345 e. The Balaban J connectivity index is 1.23. The molecule has 0 N–H and O–H groups in total. The van der Waals surface area contributed by atoms with Gasteiger partial charge in [0, 0.05) is 21.3 Å². The van der Waals surface area contributed by atoms with Gasteiger partial charge in [0.25, 0.3) is 0 Å². The Morgan fingerprint density at radius 3 is 1.93 bits per heavy atom. The van der Waals surface area contributed by atoms with E-state index in [0.29, 0.717) is 0 Å². The standard InChI is InChI=1S/C40H25N3OS/c1-4-11-26(12-5-1)31-17-10-18-32(27-13-6-2-7-14-27)37(31)39-38-33-23-28(20-22-36(33)45-40(38)44-42-39)29-19-21-35-34(24-29)41-25-43(35)30-15-8-3-9-16-30/h1-25H. The van der Waals surface area contributed by atoms with Gasteiger partial charge in [-0.05, 0) is 69.8 Å². The maximum absolute atomic E-state index is 6.07. The molecule has 3 aromatic heterocycles. The molecule has 0 atom stereocenters. The maximum Gasteiger partial charge on any atom is 0.222 e. The van der Waals surface area contributed by atoms with Crippen LogP contribution in [0, 0.1) is 0 Å². The first-order valence-corrected chi connectivity index (χ1v) is 15.7. The van der Waals surface area contributed by atoms with Crippen LogP contribution in [0.5, 0.6) is 0 Å². The van der Waals surface area contributed by atoms with Crippen molar-refractivity contribution in [3.63, 3.8) is 0 Å². The zero-order valence-electron chi connectivity index (χ0n) is 24.1. The number of rotatable bonds is 5. The number of hydrogen-bond acceptors (Lipinski definition) is 4. The van der Waals surface area contributed by atoms with E-state index < -0.39 is 0 Å². The maximum atomic E-state index is 6.07. The van der Waals surface area contributed by atoms with Crippen molar-refractivity contribution >= 4 is 42.7 Å². The number of fused-ring (bicyclic) bond motifs is 4. The number of nitrogens with zero attached hydrogens (tertiary/aromatic N) is 3. The lowest BCUT2D eigenvalue weighted by Crippen LogP contribution is -1.91. The zero-order valence-corrected chi connectivity index (χ0v) is 24.9. The highest BCUT2D eigenvalue weighted by molar-refractivity contribution is 7.25. The quantitative estimate of drug-likeness (QED) is 0.199. The Bertz CT molecular complexity index is 2420. The molecular weight excluding hydrogens is 571 g/mol. The molecule has 0 radical (unpaired) electrons. The molecule has 0 aliphatic heterocycles. The first-order valence-electron chi connectivity index (χ1n) is 14.9. The Morgan fingerprint density at radius 1 is 0.578 bits per heavy atom. The van der Waals surface area contributed by atoms with Crippen molar-refractivity contribution in [2.45, 2.75) is 0 Å². The van der Waals surface area contributed by atoms with Crippen LogP contribution in [0.15, 0.2) is 156 Å². The van der Waals surface area contributed by atoms with E-state index in [0.717, 1.165) is 77.0 Å². The summed E-state index contributed by atoms with van der Waals surface area (Å²) < 4.78 is 9.37. The molecule has 0 saturated carbocycles. The molecule has 0 amide bonds. The summed E-state index contributed by atoms with van der Waals surface area (Å²) in [6.45, 7) is 0. The summed E-state index contributed by atoms with van der Waals surface area (Å²) in [6.07, 6.45) is 1.90.